The van der Waals surface area contributed by atoms with Gasteiger partial charge in [-0.25, -0.2) is 0 Å². The summed E-state index contributed by atoms with van der Waals surface area (Å²) < 4.78 is 2.94. The van der Waals surface area contributed by atoms with Gasteiger partial charge in [0.05, 0.1) is 22.0 Å². The molecule has 1 aliphatic carbocycles. The van der Waals surface area contributed by atoms with Crippen LogP contribution in [-0.4, -0.2) is 21.0 Å². The zero-order chi connectivity index (χ0) is 14.3. The molecule has 0 radical (unpaired) electrons. The van der Waals surface area contributed by atoms with Gasteiger partial charge in [0, 0.05) is 19.4 Å². The van der Waals surface area contributed by atoms with Crippen molar-refractivity contribution in [1.29, 1.82) is 0 Å². The smallest absolute Gasteiger partial charge is 0.0766 e. The normalized spacial score (nSPS) is 18.5. The Morgan fingerprint density at radius 1 is 1.45 bits per heavy atom. The Labute approximate surface area is 127 Å². The minimum Gasteiger partial charge on any atom is -0.392 e. The summed E-state index contributed by atoms with van der Waals surface area (Å²) in [5, 5.41) is 15.0. The van der Waals surface area contributed by atoms with Crippen LogP contribution in [0.3, 0.4) is 0 Å². The van der Waals surface area contributed by atoms with Gasteiger partial charge in [-0.1, -0.05) is 31.2 Å². The van der Waals surface area contributed by atoms with Crippen molar-refractivity contribution in [3.8, 4) is 0 Å². The van der Waals surface area contributed by atoms with Crippen LogP contribution in [0.4, 0.5) is 0 Å². The molecule has 1 N–H and O–H groups in total. The predicted molar refractivity (Wildman–Crippen MR) is 82.9 cm³/mol. The molecular formula is C16H19BrN2O. The second kappa shape index (κ2) is 5.34. The van der Waals surface area contributed by atoms with E-state index in [2.05, 4.69) is 46.2 Å². The SMILES string of the molecule is CCc1nn(C)c(CC(O)C2Cc3ccccc32)c1Br. The molecule has 0 bridgehead atoms. The molecule has 106 valence electrons. The van der Waals surface area contributed by atoms with Crippen molar-refractivity contribution in [2.45, 2.75) is 38.2 Å². The number of aromatic nitrogens is 2. The van der Waals surface area contributed by atoms with Crippen LogP contribution in [0.15, 0.2) is 28.7 Å². The van der Waals surface area contributed by atoms with Gasteiger partial charge in [0.25, 0.3) is 0 Å². The minimum atomic E-state index is -0.346. The Morgan fingerprint density at radius 2 is 2.20 bits per heavy atom. The van der Waals surface area contributed by atoms with Crippen LogP contribution in [0.5, 0.6) is 0 Å². The lowest BCUT2D eigenvalue weighted by Gasteiger charge is -2.34. The zero-order valence-corrected chi connectivity index (χ0v) is 13.4. The van der Waals surface area contributed by atoms with Gasteiger partial charge < -0.3 is 5.11 Å². The van der Waals surface area contributed by atoms with Crippen molar-refractivity contribution >= 4 is 15.9 Å². The molecule has 2 aromatic rings. The third-order valence-corrected chi connectivity index (χ3v) is 5.18. The second-order valence-corrected chi connectivity index (χ2v) is 6.26. The van der Waals surface area contributed by atoms with E-state index in [-0.39, 0.29) is 12.0 Å². The number of hydrogen-bond donors (Lipinski definition) is 1. The van der Waals surface area contributed by atoms with Gasteiger partial charge in [0.15, 0.2) is 0 Å². The maximum atomic E-state index is 10.5. The van der Waals surface area contributed by atoms with Crippen LogP contribution >= 0.6 is 15.9 Å². The Kier molecular flexibility index (Phi) is 3.69. The third kappa shape index (κ3) is 2.21. The van der Waals surface area contributed by atoms with E-state index in [0.29, 0.717) is 6.42 Å². The van der Waals surface area contributed by atoms with Crippen LogP contribution in [0, 0.1) is 0 Å². The third-order valence-electron chi connectivity index (χ3n) is 4.26. The molecule has 3 nitrogen and oxygen atoms in total. The van der Waals surface area contributed by atoms with E-state index in [1.807, 2.05) is 17.8 Å². The molecule has 0 spiro atoms. The minimum absolute atomic E-state index is 0.262. The Hall–Kier alpha value is -1.13. The number of aliphatic hydroxyl groups is 1. The molecule has 1 aromatic carbocycles. The van der Waals surface area contributed by atoms with Gasteiger partial charge in [0.2, 0.25) is 0 Å². The van der Waals surface area contributed by atoms with Gasteiger partial charge in [-0.2, -0.15) is 5.10 Å². The molecule has 3 rings (SSSR count). The fraction of sp³-hybridized carbons (Fsp3) is 0.438. The van der Waals surface area contributed by atoms with Gasteiger partial charge in [-0.05, 0) is 39.9 Å². The van der Waals surface area contributed by atoms with Crippen molar-refractivity contribution in [1.82, 2.24) is 9.78 Å². The molecule has 1 aliphatic rings. The largest absolute Gasteiger partial charge is 0.392 e. The summed E-state index contributed by atoms with van der Waals surface area (Å²) in [6.45, 7) is 2.09. The van der Waals surface area contributed by atoms with Crippen LogP contribution in [-0.2, 0) is 26.3 Å². The lowest BCUT2D eigenvalue weighted by atomic mass is 9.73. The molecule has 4 heteroatoms. The molecule has 0 saturated carbocycles. The van der Waals surface area contributed by atoms with Crippen molar-refractivity contribution in [2.75, 3.05) is 0 Å². The van der Waals surface area contributed by atoms with Gasteiger partial charge >= 0.3 is 0 Å². The fourth-order valence-corrected chi connectivity index (χ4v) is 3.80. The molecule has 0 aliphatic heterocycles. The van der Waals surface area contributed by atoms with Crippen molar-refractivity contribution in [3.63, 3.8) is 0 Å². The number of fused-ring (bicyclic) bond motifs is 1. The number of halogens is 1. The quantitative estimate of drug-likeness (QED) is 0.933. The lowest BCUT2D eigenvalue weighted by molar-refractivity contribution is 0.131. The maximum Gasteiger partial charge on any atom is 0.0766 e. The number of hydrogen-bond acceptors (Lipinski definition) is 2. The Balaban J connectivity index is 1.78. The summed E-state index contributed by atoms with van der Waals surface area (Å²) in [5.74, 6) is 0.262. The zero-order valence-electron chi connectivity index (χ0n) is 11.8. The summed E-state index contributed by atoms with van der Waals surface area (Å²) in [7, 11) is 1.95. The lowest BCUT2D eigenvalue weighted by Crippen LogP contribution is -2.31. The van der Waals surface area contributed by atoms with E-state index in [9.17, 15) is 5.11 Å². The molecule has 2 atom stereocenters. The number of rotatable bonds is 4. The van der Waals surface area contributed by atoms with Crippen LogP contribution in [0.1, 0.15) is 35.4 Å². The maximum absolute atomic E-state index is 10.5. The Bertz CT molecular complexity index is 635. The number of aryl methyl sites for hydroxylation is 2. The molecule has 0 fully saturated rings. The predicted octanol–water partition coefficient (Wildman–Crippen LogP) is 2.99. The van der Waals surface area contributed by atoms with Crippen molar-refractivity contribution in [2.24, 2.45) is 7.05 Å². The summed E-state index contributed by atoms with van der Waals surface area (Å²) in [5.41, 5.74) is 4.81. The van der Waals surface area contributed by atoms with Crippen LogP contribution in [0.2, 0.25) is 0 Å². The highest BCUT2D eigenvalue weighted by atomic mass is 79.9. The summed E-state index contributed by atoms with van der Waals surface area (Å²) in [6, 6.07) is 8.38. The molecule has 0 saturated heterocycles. The van der Waals surface area contributed by atoms with Crippen molar-refractivity contribution < 1.29 is 5.11 Å². The molecule has 2 unspecified atom stereocenters. The van der Waals surface area contributed by atoms with E-state index < -0.39 is 0 Å². The van der Waals surface area contributed by atoms with Crippen LogP contribution in [0.25, 0.3) is 0 Å². The summed E-state index contributed by atoms with van der Waals surface area (Å²) in [4.78, 5) is 0. The standard InChI is InChI=1S/C16H19BrN2O/c1-3-13-16(17)14(19(2)18-13)9-15(20)12-8-10-6-4-5-7-11(10)12/h4-7,12,15,20H,3,8-9H2,1-2H3. The first-order valence-electron chi connectivity index (χ1n) is 7.08. The van der Waals surface area contributed by atoms with Gasteiger partial charge in [0.1, 0.15) is 0 Å². The molecule has 1 heterocycles. The average molecular weight is 335 g/mol. The molecular weight excluding hydrogens is 316 g/mol. The first-order valence-corrected chi connectivity index (χ1v) is 7.87. The highest BCUT2D eigenvalue weighted by Crippen LogP contribution is 2.38. The number of benzene rings is 1. The van der Waals surface area contributed by atoms with Crippen molar-refractivity contribution in [3.05, 3.63) is 51.3 Å². The average Bonchev–Trinajstić information content (AvgIpc) is 2.67. The topological polar surface area (TPSA) is 38.0 Å². The number of nitrogens with zero attached hydrogens (tertiary/aromatic N) is 2. The highest BCUT2D eigenvalue weighted by molar-refractivity contribution is 9.10. The fourth-order valence-electron chi connectivity index (χ4n) is 3.02. The van der Waals surface area contributed by atoms with Gasteiger partial charge in [-0.3, -0.25) is 4.68 Å². The molecule has 0 amide bonds. The van der Waals surface area contributed by atoms with E-state index in [4.69, 9.17) is 0 Å². The van der Waals surface area contributed by atoms with E-state index >= 15 is 0 Å². The molecule has 20 heavy (non-hydrogen) atoms. The van der Waals surface area contributed by atoms with Crippen LogP contribution < -0.4 is 0 Å². The van der Waals surface area contributed by atoms with Gasteiger partial charge in [-0.15, -0.1) is 0 Å². The second-order valence-electron chi connectivity index (χ2n) is 5.47. The molecule has 1 aromatic heterocycles. The first-order chi connectivity index (χ1) is 9.61. The first kappa shape index (κ1) is 13.8. The van der Waals surface area contributed by atoms with E-state index in [1.54, 1.807) is 0 Å². The highest BCUT2D eigenvalue weighted by Gasteiger charge is 2.32. The van der Waals surface area contributed by atoms with E-state index in [1.165, 1.54) is 11.1 Å². The summed E-state index contributed by atoms with van der Waals surface area (Å²) in [6.07, 6.45) is 2.18. The number of aliphatic hydroxyl groups excluding tert-OH is 1. The van der Waals surface area contributed by atoms with E-state index in [0.717, 1.165) is 28.7 Å². The Morgan fingerprint density at radius 3 is 2.85 bits per heavy atom. The monoisotopic (exact) mass is 334 g/mol. The summed E-state index contributed by atoms with van der Waals surface area (Å²) >= 11 is 3.62.